The molecule has 0 unspecified atom stereocenters. The fraction of sp³-hybridized carbons (Fsp3) is 0.200. The highest BCUT2D eigenvalue weighted by Crippen LogP contribution is 2.24. The minimum absolute atomic E-state index is 0.0115. The molecule has 34 heavy (non-hydrogen) atoms. The van der Waals surface area contributed by atoms with Crippen LogP contribution in [-0.2, 0) is 19.6 Å². The molecule has 0 aromatic heterocycles. The molecule has 3 rings (SSSR count). The standard InChI is InChI=1S/C25H26N2O6S/c1-3-27(21-12-6-5-7-13-21)34(30,31)23-15-8-10-19(16-23)25(29)26-20-11-9-14-22(17-20)33-18-24(28)32-4-2/h5-17H,3-4,18H2,1-2H3,(H,26,29). The molecule has 0 saturated carbocycles. The zero-order chi connectivity index (χ0) is 24.6. The molecule has 9 heteroatoms. The van der Waals surface area contributed by atoms with Crippen molar-refractivity contribution >= 4 is 33.3 Å². The maximum absolute atomic E-state index is 13.3. The van der Waals surface area contributed by atoms with Gasteiger partial charge in [0.1, 0.15) is 5.75 Å². The van der Waals surface area contributed by atoms with Gasteiger partial charge < -0.3 is 14.8 Å². The first kappa shape index (κ1) is 24.8. The minimum atomic E-state index is -3.87. The molecule has 178 valence electrons. The van der Waals surface area contributed by atoms with Crippen LogP contribution in [0.5, 0.6) is 5.75 Å². The van der Waals surface area contributed by atoms with Crippen LogP contribution < -0.4 is 14.4 Å². The number of hydrogen-bond donors (Lipinski definition) is 1. The number of ether oxygens (including phenoxy) is 2. The van der Waals surface area contributed by atoms with Crippen LogP contribution in [0.3, 0.4) is 0 Å². The van der Waals surface area contributed by atoms with E-state index in [1.54, 1.807) is 62.4 Å². The van der Waals surface area contributed by atoms with E-state index in [0.717, 1.165) is 0 Å². The topological polar surface area (TPSA) is 102 Å². The van der Waals surface area contributed by atoms with Crippen molar-refractivity contribution in [1.82, 2.24) is 0 Å². The largest absolute Gasteiger partial charge is 0.482 e. The normalized spacial score (nSPS) is 10.9. The summed E-state index contributed by atoms with van der Waals surface area (Å²) in [4.78, 5) is 24.3. The number of nitrogens with one attached hydrogen (secondary N) is 1. The lowest BCUT2D eigenvalue weighted by atomic mass is 10.2. The van der Waals surface area contributed by atoms with Crippen molar-refractivity contribution < 1.29 is 27.5 Å². The first-order chi connectivity index (χ1) is 16.3. The molecular weight excluding hydrogens is 456 g/mol. The van der Waals surface area contributed by atoms with Crippen LogP contribution in [0.15, 0.2) is 83.8 Å². The SMILES string of the molecule is CCOC(=O)COc1cccc(NC(=O)c2cccc(S(=O)(=O)N(CC)c3ccccc3)c2)c1. The van der Waals surface area contributed by atoms with Gasteiger partial charge >= 0.3 is 5.97 Å². The van der Waals surface area contributed by atoms with Crippen molar-refractivity contribution in [2.24, 2.45) is 0 Å². The number of carbonyl (C=O) groups excluding carboxylic acids is 2. The van der Waals surface area contributed by atoms with Crippen molar-refractivity contribution in [3.63, 3.8) is 0 Å². The molecule has 0 aliphatic heterocycles. The summed E-state index contributed by atoms with van der Waals surface area (Å²) in [5, 5.41) is 2.72. The lowest BCUT2D eigenvalue weighted by molar-refractivity contribution is -0.145. The molecule has 0 fully saturated rings. The van der Waals surface area contributed by atoms with Crippen molar-refractivity contribution in [1.29, 1.82) is 0 Å². The second kappa shape index (κ2) is 11.3. The molecule has 0 aliphatic rings. The summed E-state index contributed by atoms with van der Waals surface area (Å²) >= 11 is 0. The molecular formula is C25H26N2O6S. The Morgan fingerprint density at radius 1 is 0.912 bits per heavy atom. The summed E-state index contributed by atoms with van der Waals surface area (Å²) in [6.45, 7) is 3.70. The van der Waals surface area contributed by atoms with Gasteiger partial charge in [0, 0.05) is 23.9 Å². The number of sulfonamides is 1. The summed E-state index contributed by atoms with van der Waals surface area (Å²) in [5.74, 6) is -0.599. The monoisotopic (exact) mass is 482 g/mol. The van der Waals surface area contributed by atoms with Gasteiger partial charge in [0.25, 0.3) is 15.9 Å². The van der Waals surface area contributed by atoms with Crippen LogP contribution in [0.1, 0.15) is 24.2 Å². The first-order valence-corrected chi connectivity index (χ1v) is 12.2. The van der Waals surface area contributed by atoms with E-state index in [2.05, 4.69) is 5.32 Å². The second-order valence-electron chi connectivity index (χ2n) is 7.11. The van der Waals surface area contributed by atoms with E-state index >= 15 is 0 Å². The summed E-state index contributed by atoms with van der Waals surface area (Å²) < 4.78 is 38.0. The Bertz CT molecular complexity index is 1250. The molecule has 0 bridgehead atoms. The first-order valence-electron chi connectivity index (χ1n) is 10.7. The zero-order valence-corrected chi connectivity index (χ0v) is 19.7. The fourth-order valence-corrected chi connectivity index (χ4v) is 4.74. The van der Waals surface area contributed by atoms with E-state index in [9.17, 15) is 18.0 Å². The third-order valence-electron chi connectivity index (χ3n) is 4.77. The van der Waals surface area contributed by atoms with E-state index in [0.29, 0.717) is 17.1 Å². The van der Waals surface area contributed by atoms with Gasteiger partial charge in [-0.3, -0.25) is 9.10 Å². The third kappa shape index (κ3) is 6.14. The average Bonchev–Trinajstić information content (AvgIpc) is 2.84. The van der Waals surface area contributed by atoms with Crippen LogP contribution in [0.25, 0.3) is 0 Å². The van der Waals surface area contributed by atoms with Crippen LogP contribution in [0.2, 0.25) is 0 Å². The molecule has 0 spiro atoms. The number of nitrogens with zero attached hydrogens (tertiary/aromatic N) is 1. The fourth-order valence-electron chi connectivity index (χ4n) is 3.22. The minimum Gasteiger partial charge on any atom is -0.482 e. The quantitative estimate of drug-likeness (QED) is 0.437. The summed E-state index contributed by atoms with van der Waals surface area (Å²) in [6, 6.07) is 21.2. The van der Waals surface area contributed by atoms with Gasteiger partial charge in [-0.15, -0.1) is 0 Å². The van der Waals surface area contributed by atoms with Gasteiger partial charge in [0.15, 0.2) is 6.61 Å². The predicted octanol–water partition coefficient (Wildman–Crippen LogP) is 4.10. The van der Waals surface area contributed by atoms with Crippen molar-refractivity contribution in [3.05, 3.63) is 84.4 Å². The molecule has 8 nitrogen and oxygen atoms in total. The molecule has 1 N–H and O–H groups in total. The van der Waals surface area contributed by atoms with Crippen molar-refractivity contribution in [2.75, 3.05) is 29.4 Å². The van der Waals surface area contributed by atoms with E-state index in [4.69, 9.17) is 9.47 Å². The van der Waals surface area contributed by atoms with E-state index < -0.39 is 21.9 Å². The van der Waals surface area contributed by atoms with Crippen LogP contribution in [0, 0.1) is 0 Å². The highest BCUT2D eigenvalue weighted by molar-refractivity contribution is 7.92. The molecule has 3 aromatic rings. The Labute approximate surface area is 199 Å². The molecule has 0 aliphatic carbocycles. The Hall–Kier alpha value is -3.85. The van der Waals surface area contributed by atoms with Gasteiger partial charge in [-0.25, -0.2) is 13.2 Å². The zero-order valence-electron chi connectivity index (χ0n) is 18.9. The van der Waals surface area contributed by atoms with Crippen LogP contribution in [-0.4, -0.2) is 40.1 Å². The molecule has 1 amide bonds. The van der Waals surface area contributed by atoms with Gasteiger partial charge in [0.2, 0.25) is 0 Å². The predicted molar refractivity (Wildman–Crippen MR) is 130 cm³/mol. The summed E-state index contributed by atoms with van der Waals surface area (Å²) in [7, 11) is -3.87. The van der Waals surface area contributed by atoms with Gasteiger partial charge in [0.05, 0.1) is 17.2 Å². The molecule has 3 aromatic carbocycles. The van der Waals surface area contributed by atoms with E-state index in [-0.39, 0.29) is 30.2 Å². The third-order valence-corrected chi connectivity index (χ3v) is 6.67. The number of para-hydroxylation sites is 1. The highest BCUT2D eigenvalue weighted by atomic mass is 32.2. The van der Waals surface area contributed by atoms with Crippen molar-refractivity contribution in [2.45, 2.75) is 18.7 Å². The number of carbonyl (C=O) groups is 2. The molecule has 0 heterocycles. The van der Waals surface area contributed by atoms with Gasteiger partial charge in [-0.05, 0) is 56.3 Å². The number of anilines is 2. The number of rotatable bonds is 10. The molecule has 0 atom stereocenters. The van der Waals surface area contributed by atoms with E-state index in [1.807, 2.05) is 6.07 Å². The summed E-state index contributed by atoms with van der Waals surface area (Å²) in [6.07, 6.45) is 0. The lowest BCUT2D eigenvalue weighted by Crippen LogP contribution is -2.30. The summed E-state index contributed by atoms with van der Waals surface area (Å²) in [5.41, 5.74) is 1.15. The Morgan fingerprint density at radius 3 is 2.35 bits per heavy atom. The van der Waals surface area contributed by atoms with Crippen LogP contribution in [0.4, 0.5) is 11.4 Å². The smallest absolute Gasteiger partial charge is 0.344 e. The number of hydrogen-bond acceptors (Lipinski definition) is 6. The maximum atomic E-state index is 13.3. The molecule has 0 radical (unpaired) electrons. The highest BCUT2D eigenvalue weighted by Gasteiger charge is 2.24. The lowest BCUT2D eigenvalue weighted by Gasteiger charge is -2.23. The second-order valence-corrected chi connectivity index (χ2v) is 8.97. The van der Waals surface area contributed by atoms with E-state index in [1.165, 1.54) is 28.6 Å². The Kier molecular flexibility index (Phi) is 8.26. The maximum Gasteiger partial charge on any atom is 0.344 e. The Balaban J connectivity index is 1.76. The molecule has 0 saturated heterocycles. The van der Waals surface area contributed by atoms with Gasteiger partial charge in [-0.1, -0.05) is 30.3 Å². The van der Waals surface area contributed by atoms with Crippen molar-refractivity contribution in [3.8, 4) is 5.75 Å². The number of benzene rings is 3. The number of esters is 1. The number of amides is 1. The Morgan fingerprint density at radius 2 is 1.65 bits per heavy atom. The van der Waals surface area contributed by atoms with Gasteiger partial charge in [-0.2, -0.15) is 0 Å². The van der Waals surface area contributed by atoms with Crippen LogP contribution >= 0.6 is 0 Å². The average molecular weight is 483 g/mol.